The van der Waals surface area contributed by atoms with Crippen LogP contribution in [0, 0.1) is 0 Å². The van der Waals surface area contributed by atoms with E-state index >= 15 is 0 Å². The Hall–Kier alpha value is -2.01. The molecule has 0 amide bonds. The molecule has 22 heavy (non-hydrogen) atoms. The van der Waals surface area contributed by atoms with Crippen LogP contribution in [0.25, 0.3) is 0 Å². The maximum atomic E-state index is 11.9. The molecule has 0 radical (unpaired) electrons. The molecule has 116 valence electrons. The van der Waals surface area contributed by atoms with Crippen molar-refractivity contribution in [2.75, 3.05) is 14.2 Å². The maximum absolute atomic E-state index is 11.9. The van der Waals surface area contributed by atoms with E-state index in [2.05, 4.69) is 15.9 Å². The van der Waals surface area contributed by atoms with Crippen molar-refractivity contribution in [3.8, 4) is 17.2 Å². The van der Waals surface area contributed by atoms with Gasteiger partial charge in [0.25, 0.3) is 0 Å². The Morgan fingerprint density at radius 3 is 2.32 bits per heavy atom. The second-order valence-corrected chi connectivity index (χ2v) is 5.44. The van der Waals surface area contributed by atoms with Crippen molar-refractivity contribution in [2.45, 2.75) is 12.8 Å². The lowest BCUT2D eigenvalue weighted by molar-refractivity contribution is -0.134. The molecular weight excluding hydrogens is 348 g/mol. The molecule has 0 unspecified atom stereocenters. The van der Waals surface area contributed by atoms with Crippen molar-refractivity contribution in [1.82, 2.24) is 0 Å². The molecule has 0 aliphatic rings. The number of rotatable bonds is 6. The van der Waals surface area contributed by atoms with Crippen LogP contribution in [-0.2, 0) is 11.2 Å². The summed E-state index contributed by atoms with van der Waals surface area (Å²) in [5.74, 6) is 1.56. The summed E-state index contributed by atoms with van der Waals surface area (Å²) in [6, 6.07) is 12.7. The average Bonchev–Trinajstić information content (AvgIpc) is 2.54. The number of esters is 1. The van der Waals surface area contributed by atoms with E-state index in [0.717, 1.165) is 10.0 Å². The van der Waals surface area contributed by atoms with Crippen LogP contribution < -0.4 is 14.2 Å². The monoisotopic (exact) mass is 364 g/mol. The van der Waals surface area contributed by atoms with E-state index in [1.54, 1.807) is 26.4 Å². The molecule has 0 aromatic heterocycles. The first kappa shape index (κ1) is 16.4. The van der Waals surface area contributed by atoms with Gasteiger partial charge < -0.3 is 14.2 Å². The SMILES string of the molecule is COc1cc(Br)c(CCC(=O)Oc2ccccc2)cc1OC. The number of aryl methyl sites for hydroxylation is 1. The minimum atomic E-state index is -0.270. The zero-order valence-corrected chi connectivity index (χ0v) is 14.1. The van der Waals surface area contributed by atoms with Crippen molar-refractivity contribution >= 4 is 21.9 Å². The molecule has 0 heterocycles. The Labute approximate surface area is 138 Å². The molecule has 0 spiro atoms. The second-order valence-electron chi connectivity index (χ2n) is 4.59. The van der Waals surface area contributed by atoms with Gasteiger partial charge in [0, 0.05) is 4.47 Å². The molecule has 0 N–H and O–H groups in total. The highest BCUT2D eigenvalue weighted by Gasteiger charge is 2.12. The number of benzene rings is 2. The lowest BCUT2D eigenvalue weighted by atomic mass is 10.1. The van der Waals surface area contributed by atoms with Crippen LogP contribution in [0.3, 0.4) is 0 Å². The van der Waals surface area contributed by atoms with Crippen molar-refractivity contribution in [2.24, 2.45) is 0 Å². The largest absolute Gasteiger partial charge is 0.493 e. The third kappa shape index (κ3) is 4.24. The van der Waals surface area contributed by atoms with Crippen LogP contribution in [0.5, 0.6) is 17.2 Å². The number of carbonyl (C=O) groups is 1. The molecule has 5 heteroatoms. The first-order valence-corrected chi connectivity index (χ1v) is 7.59. The van der Waals surface area contributed by atoms with Crippen LogP contribution in [0.4, 0.5) is 0 Å². The highest BCUT2D eigenvalue weighted by atomic mass is 79.9. The van der Waals surface area contributed by atoms with E-state index in [4.69, 9.17) is 14.2 Å². The van der Waals surface area contributed by atoms with Gasteiger partial charge in [-0.2, -0.15) is 0 Å². The zero-order valence-electron chi connectivity index (χ0n) is 12.5. The zero-order chi connectivity index (χ0) is 15.9. The second kappa shape index (κ2) is 7.84. The average molecular weight is 365 g/mol. The molecule has 0 saturated carbocycles. The summed E-state index contributed by atoms with van der Waals surface area (Å²) in [4.78, 5) is 11.9. The van der Waals surface area contributed by atoms with Crippen molar-refractivity contribution in [1.29, 1.82) is 0 Å². The lowest BCUT2D eigenvalue weighted by Gasteiger charge is -2.11. The van der Waals surface area contributed by atoms with E-state index in [0.29, 0.717) is 23.7 Å². The van der Waals surface area contributed by atoms with Gasteiger partial charge in [-0.1, -0.05) is 34.1 Å². The van der Waals surface area contributed by atoms with E-state index in [-0.39, 0.29) is 12.4 Å². The Bertz CT molecular complexity index is 641. The third-order valence-corrected chi connectivity index (χ3v) is 3.86. The number of para-hydroxylation sites is 1. The molecule has 0 aliphatic carbocycles. The highest BCUT2D eigenvalue weighted by Crippen LogP contribution is 2.33. The van der Waals surface area contributed by atoms with Crippen LogP contribution in [0.1, 0.15) is 12.0 Å². The van der Waals surface area contributed by atoms with Crippen LogP contribution in [0.2, 0.25) is 0 Å². The van der Waals surface area contributed by atoms with Gasteiger partial charge in [0.2, 0.25) is 0 Å². The molecule has 0 bridgehead atoms. The molecular formula is C17H17BrO4. The summed E-state index contributed by atoms with van der Waals surface area (Å²) in [7, 11) is 3.17. The summed E-state index contributed by atoms with van der Waals surface area (Å²) in [5, 5.41) is 0. The Balaban J connectivity index is 2.00. The maximum Gasteiger partial charge on any atom is 0.311 e. The molecule has 2 aromatic rings. The fourth-order valence-corrected chi connectivity index (χ4v) is 2.52. The van der Waals surface area contributed by atoms with Gasteiger partial charge in [-0.15, -0.1) is 0 Å². The standard InChI is InChI=1S/C17H17BrO4/c1-20-15-10-12(14(18)11-16(15)21-2)8-9-17(19)22-13-6-4-3-5-7-13/h3-7,10-11H,8-9H2,1-2H3. The first-order valence-electron chi connectivity index (χ1n) is 6.80. The van der Waals surface area contributed by atoms with Crippen molar-refractivity contribution < 1.29 is 19.0 Å². The third-order valence-electron chi connectivity index (χ3n) is 3.13. The molecule has 0 aliphatic heterocycles. The molecule has 0 atom stereocenters. The Kier molecular flexibility index (Phi) is 5.83. The fourth-order valence-electron chi connectivity index (χ4n) is 2.00. The normalized spacial score (nSPS) is 10.1. The minimum absolute atomic E-state index is 0.270. The van der Waals surface area contributed by atoms with Gasteiger partial charge >= 0.3 is 5.97 Å². The quantitative estimate of drug-likeness (QED) is 0.573. The van der Waals surface area contributed by atoms with Gasteiger partial charge in [0.15, 0.2) is 11.5 Å². The summed E-state index contributed by atoms with van der Waals surface area (Å²) in [6.07, 6.45) is 0.829. The van der Waals surface area contributed by atoms with E-state index < -0.39 is 0 Å². The highest BCUT2D eigenvalue weighted by molar-refractivity contribution is 9.10. The van der Waals surface area contributed by atoms with Gasteiger partial charge in [-0.25, -0.2) is 0 Å². The summed E-state index contributed by atoms with van der Waals surface area (Å²) >= 11 is 3.48. The number of carbonyl (C=O) groups excluding carboxylic acids is 1. The first-order chi connectivity index (χ1) is 10.6. The topological polar surface area (TPSA) is 44.8 Å². The van der Waals surface area contributed by atoms with Crippen LogP contribution in [-0.4, -0.2) is 20.2 Å². The molecule has 2 rings (SSSR count). The predicted octanol–water partition coefficient (Wildman–Crippen LogP) is 4.00. The van der Waals surface area contributed by atoms with Crippen LogP contribution in [0.15, 0.2) is 46.9 Å². The van der Waals surface area contributed by atoms with Gasteiger partial charge in [-0.05, 0) is 36.2 Å². The van der Waals surface area contributed by atoms with E-state index in [9.17, 15) is 4.79 Å². The lowest BCUT2D eigenvalue weighted by Crippen LogP contribution is -2.09. The fraction of sp³-hybridized carbons (Fsp3) is 0.235. The smallest absolute Gasteiger partial charge is 0.311 e. The minimum Gasteiger partial charge on any atom is -0.493 e. The Morgan fingerprint density at radius 1 is 1.05 bits per heavy atom. The summed E-state index contributed by atoms with van der Waals surface area (Å²) < 4.78 is 16.6. The number of hydrogen-bond donors (Lipinski definition) is 0. The van der Waals surface area contributed by atoms with Gasteiger partial charge in [0.1, 0.15) is 5.75 Å². The Morgan fingerprint density at radius 2 is 1.68 bits per heavy atom. The van der Waals surface area contributed by atoms with Gasteiger partial charge in [0.05, 0.1) is 20.6 Å². The van der Waals surface area contributed by atoms with E-state index in [1.165, 1.54) is 0 Å². The number of halogens is 1. The molecule has 0 fully saturated rings. The molecule has 0 saturated heterocycles. The number of methoxy groups -OCH3 is 2. The van der Waals surface area contributed by atoms with Crippen LogP contribution >= 0.6 is 15.9 Å². The van der Waals surface area contributed by atoms with Gasteiger partial charge in [-0.3, -0.25) is 4.79 Å². The van der Waals surface area contributed by atoms with E-state index in [1.807, 2.05) is 30.3 Å². The molecule has 4 nitrogen and oxygen atoms in total. The summed E-state index contributed by atoms with van der Waals surface area (Å²) in [6.45, 7) is 0. The predicted molar refractivity (Wildman–Crippen MR) is 87.6 cm³/mol. The molecule has 2 aromatic carbocycles. The number of hydrogen-bond acceptors (Lipinski definition) is 4. The van der Waals surface area contributed by atoms with Crippen molar-refractivity contribution in [3.63, 3.8) is 0 Å². The number of ether oxygens (including phenoxy) is 3. The summed E-state index contributed by atoms with van der Waals surface area (Å²) in [5.41, 5.74) is 0.961. The van der Waals surface area contributed by atoms with Crippen molar-refractivity contribution in [3.05, 3.63) is 52.5 Å².